The summed E-state index contributed by atoms with van der Waals surface area (Å²) in [5, 5.41) is 3.88. The van der Waals surface area contributed by atoms with Crippen LogP contribution in [0.5, 0.6) is 0 Å². The summed E-state index contributed by atoms with van der Waals surface area (Å²) >= 11 is 5.84. The van der Waals surface area contributed by atoms with Crippen molar-refractivity contribution in [2.24, 2.45) is 0 Å². The lowest BCUT2D eigenvalue weighted by Gasteiger charge is -2.05. The first kappa shape index (κ1) is 17.2. The Morgan fingerprint density at radius 2 is 1.88 bits per heavy atom. The molecule has 128 valence electrons. The summed E-state index contributed by atoms with van der Waals surface area (Å²) in [6.45, 7) is 1.81. The summed E-state index contributed by atoms with van der Waals surface area (Å²) in [5.74, 6) is -1.04. The largest absolute Gasteiger partial charge is 0.352 e. The highest BCUT2D eigenvalue weighted by atomic mass is 35.5. The first-order valence-electron chi connectivity index (χ1n) is 7.80. The molecule has 1 N–H and O–H groups in total. The van der Waals surface area contributed by atoms with E-state index < -0.39 is 5.82 Å². The van der Waals surface area contributed by atoms with E-state index in [-0.39, 0.29) is 17.4 Å². The van der Waals surface area contributed by atoms with Crippen LogP contribution < -0.4 is 5.32 Å². The van der Waals surface area contributed by atoms with Gasteiger partial charge in [0.15, 0.2) is 0 Å². The van der Waals surface area contributed by atoms with E-state index in [1.165, 1.54) is 35.9 Å². The van der Waals surface area contributed by atoms with Gasteiger partial charge in [-0.1, -0.05) is 23.7 Å². The van der Waals surface area contributed by atoms with Crippen molar-refractivity contribution in [1.29, 1.82) is 0 Å². The Morgan fingerprint density at radius 3 is 2.56 bits per heavy atom. The van der Waals surface area contributed by atoms with Gasteiger partial charge in [0.05, 0.1) is 11.1 Å². The highest BCUT2D eigenvalue weighted by molar-refractivity contribution is 6.30. The molecule has 0 aliphatic carbocycles. The smallest absolute Gasteiger partial charge is 0.253 e. The van der Waals surface area contributed by atoms with E-state index in [1.54, 1.807) is 12.1 Å². The highest BCUT2D eigenvalue weighted by Gasteiger charge is 2.17. The van der Waals surface area contributed by atoms with Gasteiger partial charge in [-0.15, -0.1) is 0 Å². The van der Waals surface area contributed by atoms with Crippen molar-refractivity contribution in [3.05, 3.63) is 70.6 Å². The first-order chi connectivity index (χ1) is 12.0. The minimum Gasteiger partial charge on any atom is -0.352 e. The maximum atomic E-state index is 13.6. The molecule has 1 heterocycles. The van der Waals surface area contributed by atoms with Gasteiger partial charge in [0, 0.05) is 30.1 Å². The zero-order valence-electron chi connectivity index (χ0n) is 13.6. The van der Waals surface area contributed by atoms with Crippen molar-refractivity contribution in [2.75, 3.05) is 6.54 Å². The quantitative estimate of drug-likeness (QED) is 0.764. The topological polar surface area (TPSA) is 51.1 Å². The van der Waals surface area contributed by atoms with Crippen LogP contribution in [0.15, 0.2) is 48.7 Å². The molecule has 0 atom stereocenters. The highest BCUT2D eigenvalue weighted by Crippen LogP contribution is 2.22. The average Bonchev–Trinajstić information content (AvgIpc) is 2.95. The molecule has 0 bridgehead atoms. The van der Waals surface area contributed by atoms with Crippen LogP contribution in [-0.4, -0.2) is 22.9 Å². The van der Waals surface area contributed by atoms with Gasteiger partial charge >= 0.3 is 0 Å². The zero-order valence-corrected chi connectivity index (χ0v) is 14.3. The van der Waals surface area contributed by atoms with Crippen molar-refractivity contribution < 1.29 is 14.0 Å². The lowest BCUT2D eigenvalue weighted by Crippen LogP contribution is -2.25. The molecular weight excluding hydrogens is 343 g/mol. The molecule has 0 aliphatic rings. The molecule has 2 aromatic carbocycles. The summed E-state index contributed by atoms with van der Waals surface area (Å²) in [7, 11) is 0. The summed E-state index contributed by atoms with van der Waals surface area (Å²) in [6, 6.07) is 11.4. The van der Waals surface area contributed by atoms with Crippen molar-refractivity contribution in [3.8, 4) is 0 Å². The first-order valence-corrected chi connectivity index (χ1v) is 8.17. The van der Waals surface area contributed by atoms with E-state index in [4.69, 9.17) is 11.6 Å². The van der Waals surface area contributed by atoms with E-state index in [1.807, 2.05) is 12.1 Å². The fourth-order valence-electron chi connectivity index (χ4n) is 2.71. The molecule has 0 saturated carbocycles. The van der Waals surface area contributed by atoms with Crippen LogP contribution in [0, 0.1) is 5.82 Å². The fraction of sp³-hybridized carbons (Fsp3) is 0.158. The molecule has 1 aromatic heterocycles. The van der Waals surface area contributed by atoms with Gasteiger partial charge in [0.1, 0.15) is 5.82 Å². The SMILES string of the molecule is CC(=O)n1cc(C(=O)NCCc2ccc(Cl)cc2)c2cc(F)ccc21. The molecule has 0 unspecified atom stereocenters. The maximum absolute atomic E-state index is 13.6. The third-order valence-electron chi connectivity index (χ3n) is 3.96. The van der Waals surface area contributed by atoms with E-state index in [0.717, 1.165) is 5.56 Å². The van der Waals surface area contributed by atoms with Gasteiger partial charge in [-0.3, -0.25) is 14.2 Å². The average molecular weight is 359 g/mol. The Bertz CT molecular complexity index is 948. The zero-order chi connectivity index (χ0) is 18.0. The van der Waals surface area contributed by atoms with Crippen LogP contribution in [0.4, 0.5) is 4.39 Å². The van der Waals surface area contributed by atoms with Gasteiger partial charge in [-0.05, 0) is 42.3 Å². The van der Waals surface area contributed by atoms with Gasteiger partial charge < -0.3 is 5.32 Å². The predicted octanol–water partition coefficient (Wildman–Crippen LogP) is 4.07. The number of fused-ring (bicyclic) bond motifs is 1. The normalized spacial score (nSPS) is 10.8. The number of nitrogens with one attached hydrogen (secondary N) is 1. The minimum absolute atomic E-state index is 0.239. The third kappa shape index (κ3) is 3.72. The Morgan fingerprint density at radius 1 is 1.16 bits per heavy atom. The standard InChI is InChI=1S/C19H16ClFN2O2/c1-12(24)23-11-17(16-10-15(21)6-7-18(16)23)19(25)22-9-8-13-2-4-14(20)5-3-13/h2-7,10-11H,8-9H2,1H3,(H,22,25). The van der Waals surface area contributed by atoms with Crippen molar-refractivity contribution >= 4 is 34.3 Å². The molecule has 0 fully saturated rings. The maximum Gasteiger partial charge on any atom is 0.253 e. The van der Waals surface area contributed by atoms with Crippen molar-refractivity contribution in [1.82, 2.24) is 9.88 Å². The Kier molecular flexibility index (Phi) is 4.86. The Balaban J connectivity index is 1.78. The van der Waals surface area contributed by atoms with Crippen LogP contribution in [0.1, 0.15) is 27.6 Å². The molecule has 0 aliphatic heterocycles. The number of nitrogens with zero attached hydrogens (tertiary/aromatic N) is 1. The van der Waals surface area contributed by atoms with Crippen LogP contribution in [0.3, 0.4) is 0 Å². The summed E-state index contributed by atoms with van der Waals surface area (Å²) in [6.07, 6.45) is 2.09. The van der Waals surface area contributed by atoms with Crippen molar-refractivity contribution in [2.45, 2.75) is 13.3 Å². The van der Waals surface area contributed by atoms with E-state index >= 15 is 0 Å². The minimum atomic E-state index is -0.455. The third-order valence-corrected chi connectivity index (χ3v) is 4.21. The van der Waals surface area contributed by atoms with Crippen molar-refractivity contribution in [3.63, 3.8) is 0 Å². The molecule has 0 saturated heterocycles. The fourth-order valence-corrected chi connectivity index (χ4v) is 2.84. The van der Waals surface area contributed by atoms with Gasteiger partial charge in [-0.2, -0.15) is 0 Å². The number of aromatic nitrogens is 1. The number of hydrogen-bond acceptors (Lipinski definition) is 2. The van der Waals surface area contributed by atoms with Crippen LogP contribution in [0.25, 0.3) is 10.9 Å². The molecule has 6 heteroatoms. The second-order valence-corrected chi connectivity index (χ2v) is 6.16. The van der Waals surface area contributed by atoms with E-state index in [0.29, 0.717) is 28.9 Å². The number of carbonyl (C=O) groups is 2. The molecule has 0 spiro atoms. The summed E-state index contributed by atoms with van der Waals surface area (Å²) in [5.41, 5.74) is 1.83. The number of hydrogen-bond donors (Lipinski definition) is 1. The molecule has 1 amide bonds. The van der Waals surface area contributed by atoms with Crippen LogP contribution >= 0.6 is 11.6 Å². The molecular formula is C19H16ClFN2O2. The number of carbonyl (C=O) groups excluding carboxylic acids is 2. The van der Waals surface area contributed by atoms with E-state index in [9.17, 15) is 14.0 Å². The van der Waals surface area contributed by atoms with Gasteiger partial charge in [0.25, 0.3) is 5.91 Å². The van der Waals surface area contributed by atoms with Crippen LogP contribution in [0.2, 0.25) is 5.02 Å². The molecule has 3 aromatic rings. The molecule has 25 heavy (non-hydrogen) atoms. The monoisotopic (exact) mass is 358 g/mol. The Labute approximate surface area is 149 Å². The number of amides is 1. The molecule has 3 rings (SSSR count). The van der Waals surface area contributed by atoms with E-state index in [2.05, 4.69) is 5.32 Å². The predicted molar refractivity (Wildman–Crippen MR) is 95.7 cm³/mol. The number of rotatable bonds is 4. The van der Waals surface area contributed by atoms with Gasteiger partial charge in [-0.25, -0.2) is 4.39 Å². The second-order valence-electron chi connectivity index (χ2n) is 5.73. The van der Waals surface area contributed by atoms with Crippen LogP contribution in [-0.2, 0) is 6.42 Å². The second kappa shape index (κ2) is 7.07. The van der Waals surface area contributed by atoms with Gasteiger partial charge in [0.2, 0.25) is 5.91 Å². The molecule has 0 radical (unpaired) electrons. The number of halogens is 2. The number of benzene rings is 2. The Hall–Kier alpha value is -2.66. The summed E-state index contributed by atoms with van der Waals surface area (Å²) < 4.78 is 14.9. The lowest BCUT2D eigenvalue weighted by molar-refractivity contribution is 0.0941. The lowest BCUT2D eigenvalue weighted by atomic mass is 10.1. The summed E-state index contributed by atoms with van der Waals surface area (Å²) in [4.78, 5) is 24.2. The molecule has 4 nitrogen and oxygen atoms in total.